The van der Waals surface area contributed by atoms with E-state index in [9.17, 15) is 24.0 Å². The van der Waals surface area contributed by atoms with Gasteiger partial charge < -0.3 is 20.5 Å². The molecule has 0 aromatic heterocycles. The Bertz CT molecular complexity index is 867. The number of imide groups is 1. The van der Waals surface area contributed by atoms with E-state index in [0.717, 1.165) is 20.2 Å². The van der Waals surface area contributed by atoms with Crippen LogP contribution in [0.5, 0.6) is 0 Å². The summed E-state index contributed by atoms with van der Waals surface area (Å²) in [4.78, 5) is 60.3. The molecule has 3 N–H and O–H groups in total. The topological polar surface area (TPSA) is 142 Å². The van der Waals surface area contributed by atoms with Crippen molar-refractivity contribution in [2.24, 2.45) is 0 Å². The summed E-state index contributed by atoms with van der Waals surface area (Å²) < 4.78 is 5.88. The van der Waals surface area contributed by atoms with Gasteiger partial charge in [-0.25, -0.2) is 0 Å². The second-order valence-electron chi connectivity index (χ2n) is 6.50. The molecule has 2 rings (SSSR count). The molecule has 0 saturated carbocycles. The molecular formula is C19H22IN3O7S. The van der Waals surface area contributed by atoms with E-state index in [2.05, 4.69) is 33.2 Å². The number of carboxylic acid groups (broad SMARTS) is 1. The zero-order valence-electron chi connectivity index (χ0n) is 16.6. The van der Waals surface area contributed by atoms with E-state index in [1.165, 1.54) is 7.05 Å². The Hall–Kier alpha value is -2.19. The maximum absolute atomic E-state index is 12.4. The van der Waals surface area contributed by atoms with Crippen LogP contribution >= 0.6 is 34.4 Å². The number of likely N-dealkylation sites (tertiary alicyclic amines) is 1. The standard InChI is InChI=1S/C19H22IN3O7S/c1-21-13(19(28)29)10-31-14-8-15(24)23(18(14)27)5-6-30-16(25)9-22-17(26)11-3-2-4-12(20)7-11/h2-4,7,13-14,21H,5-6,8-10H2,1H3,(H,22,26)(H,28,29)/t13-,14?/m0/s1. The number of nitrogens with one attached hydrogen (secondary N) is 2. The molecule has 10 nitrogen and oxygen atoms in total. The van der Waals surface area contributed by atoms with E-state index >= 15 is 0 Å². The van der Waals surface area contributed by atoms with Crippen molar-refractivity contribution < 1.29 is 33.8 Å². The van der Waals surface area contributed by atoms with Gasteiger partial charge in [0, 0.05) is 21.3 Å². The van der Waals surface area contributed by atoms with Gasteiger partial charge >= 0.3 is 11.9 Å². The fourth-order valence-electron chi connectivity index (χ4n) is 2.69. The Morgan fingerprint density at radius 2 is 2.10 bits per heavy atom. The van der Waals surface area contributed by atoms with Crippen LogP contribution in [0.15, 0.2) is 24.3 Å². The number of amides is 3. The van der Waals surface area contributed by atoms with Gasteiger partial charge in [0.25, 0.3) is 5.91 Å². The number of hydrogen-bond donors (Lipinski definition) is 3. The number of esters is 1. The van der Waals surface area contributed by atoms with E-state index in [1.807, 2.05) is 6.07 Å². The lowest BCUT2D eigenvalue weighted by atomic mass is 10.2. The Morgan fingerprint density at radius 3 is 2.74 bits per heavy atom. The Morgan fingerprint density at radius 1 is 1.35 bits per heavy atom. The van der Waals surface area contributed by atoms with Crippen molar-refractivity contribution in [1.29, 1.82) is 0 Å². The number of carbonyl (C=O) groups is 5. The highest BCUT2D eigenvalue weighted by molar-refractivity contribution is 14.1. The molecule has 2 atom stereocenters. The molecule has 0 aliphatic carbocycles. The molecule has 168 valence electrons. The van der Waals surface area contributed by atoms with Gasteiger partial charge in [0.15, 0.2) is 0 Å². The monoisotopic (exact) mass is 563 g/mol. The maximum atomic E-state index is 12.4. The highest BCUT2D eigenvalue weighted by Gasteiger charge is 2.39. The normalized spacial score (nSPS) is 16.8. The first kappa shape index (κ1) is 25.1. The largest absolute Gasteiger partial charge is 0.480 e. The summed E-state index contributed by atoms with van der Waals surface area (Å²) in [7, 11) is 1.50. The van der Waals surface area contributed by atoms with Crippen LogP contribution < -0.4 is 10.6 Å². The molecule has 1 aromatic carbocycles. The van der Waals surface area contributed by atoms with Crippen LogP contribution in [0.4, 0.5) is 0 Å². The predicted molar refractivity (Wildman–Crippen MR) is 121 cm³/mol. The highest BCUT2D eigenvalue weighted by Crippen LogP contribution is 2.25. The average molecular weight is 563 g/mol. The lowest BCUT2D eigenvalue weighted by Crippen LogP contribution is -2.38. The predicted octanol–water partition coefficient (Wildman–Crippen LogP) is 0.0975. The summed E-state index contributed by atoms with van der Waals surface area (Å²) in [6.45, 7) is -0.633. The van der Waals surface area contributed by atoms with E-state index in [0.29, 0.717) is 5.56 Å². The summed E-state index contributed by atoms with van der Waals surface area (Å²) in [5.74, 6) is -2.84. The second kappa shape index (κ2) is 12.0. The summed E-state index contributed by atoms with van der Waals surface area (Å²) in [5, 5.41) is 13.4. The van der Waals surface area contributed by atoms with Gasteiger partial charge in [-0.1, -0.05) is 6.07 Å². The molecule has 0 bridgehead atoms. The second-order valence-corrected chi connectivity index (χ2v) is 8.98. The molecule has 1 unspecified atom stereocenters. The number of rotatable bonds is 11. The quantitative estimate of drug-likeness (QED) is 0.194. The number of thioether (sulfide) groups is 1. The van der Waals surface area contributed by atoms with E-state index in [-0.39, 0.29) is 31.9 Å². The molecule has 31 heavy (non-hydrogen) atoms. The molecule has 1 fully saturated rings. The Balaban J connectivity index is 1.73. The summed E-state index contributed by atoms with van der Waals surface area (Å²) >= 11 is 3.17. The van der Waals surface area contributed by atoms with Crippen molar-refractivity contribution in [3.8, 4) is 0 Å². The van der Waals surface area contributed by atoms with Gasteiger partial charge in [0.1, 0.15) is 19.2 Å². The summed E-state index contributed by atoms with van der Waals surface area (Å²) in [5.41, 5.74) is 0.417. The molecule has 12 heteroatoms. The van der Waals surface area contributed by atoms with Crippen LogP contribution in [0, 0.1) is 3.57 Å². The van der Waals surface area contributed by atoms with Crippen LogP contribution in [0.1, 0.15) is 16.8 Å². The van der Waals surface area contributed by atoms with Crippen LogP contribution in [0.2, 0.25) is 0 Å². The molecule has 1 aliphatic heterocycles. The minimum Gasteiger partial charge on any atom is -0.480 e. The number of aliphatic carboxylic acids is 1. The number of carbonyl (C=O) groups excluding carboxylic acids is 4. The number of likely N-dealkylation sites (N-methyl/N-ethyl adjacent to an activating group) is 1. The van der Waals surface area contributed by atoms with Crippen LogP contribution in [-0.4, -0.2) is 83.5 Å². The molecule has 0 spiro atoms. The number of nitrogens with zero attached hydrogens (tertiary/aromatic N) is 1. The summed E-state index contributed by atoms with van der Waals surface area (Å²) in [6, 6.07) is 6.04. The minimum atomic E-state index is -1.04. The fraction of sp³-hybridized carbons (Fsp3) is 0.421. The Kier molecular flexibility index (Phi) is 9.71. The molecule has 3 amide bonds. The van der Waals surface area contributed by atoms with Crippen molar-refractivity contribution in [3.05, 3.63) is 33.4 Å². The zero-order valence-corrected chi connectivity index (χ0v) is 19.6. The number of benzene rings is 1. The first-order valence-electron chi connectivity index (χ1n) is 9.28. The number of hydrogen-bond acceptors (Lipinski definition) is 8. The van der Waals surface area contributed by atoms with E-state index in [4.69, 9.17) is 9.84 Å². The highest BCUT2D eigenvalue weighted by atomic mass is 127. The molecular weight excluding hydrogens is 541 g/mol. The Labute approximate surface area is 196 Å². The number of halogens is 1. The van der Waals surface area contributed by atoms with Crippen molar-refractivity contribution in [2.75, 3.05) is 32.5 Å². The molecule has 0 radical (unpaired) electrons. The zero-order chi connectivity index (χ0) is 23.0. The van der Waals surface area contributed by atoms with Gasteiger partial charge in [-0.3, -0.25) is 28.9 Å². The molecule has 1 aliphatic rings. The molecule has 1 aromatic rings. The third-order valence-corrected chi connectivity index (χ3v) is 6.34. The first-order chi connectivity index (χ1) is 14.7. The maximum Gasteiger partial charge on any atom is 0.325 e. The smallest absolute Gasteiger partial charge is 0.325 e. The molecule has 1 saturated heterocycles. The van der Waals surface area contributed by atoms with Crippen LogP contribution in [-0.2, 0) is 23.9 Å². The first-order valence-corrected chi connectivity index (χ1v) is 11.4. The van der Waals surface area contributed by atoms with E-state index in [1.54, 1.807) is 18.2 Å². The third kappa shape index (κ3) is 7.47. The SMILES string of the molecule is CN[C@@H](CSC1CC(=O)N(CCOC(=O)CNC(=O)c2cccc(I)c2)C1=O)C(=O)O. The summed E-state index contributed by atoms with van der Waals surface area (Å²) in [6.07, 6.45) is -0.0283. The van der Waals surface area contributed by atoms with Crippen molar-refractivity contribution in [1.82, 2.24) is 15.5 Å². The third-order valence-electron chi connectivity index (χ3n) is 4.37. The van der Waals surface area contributed by atoms with Crippen molar-refractivity contribution in [3.63, 3.8) is 0 Å². The lowest BCUT2D eigenvalue weighted by molar-refractivity contribution is -0.147. The van der Waals surface area contributed by atoms with E-state index < -0.39 is 41.0 Å². The number of carboxylic acids is 1. The van der Waals surface area contributed by atoms with Gasteiger partial charge in [0.2, 0.25) is 11.8 Å². The molecule has 1 heterocycles. The van der Waals surface area contributed by atoms with Gasteiger partial charge in [0.05, 0.1) is 11.8 Å². The van der Waals surface area contributed by atoms with Gasteiger partial charge in [-0.2, -0.15) is 0 Å². The van der Waals surface area contributed by atoms with Crippen LogP contribution in [0.3, 0.4) is 0 Å². The lowest BCUT2D eigenvalue weighted by Gasteiger charge is -2.16. The minimum absolute atomic E-state index is 0.0283. The van der Waals surface area contributed by atoms with Gasteiger partial charge in [-0.15, -0.1) is 11.8 Å². The van der Waals surface area contributed by atoms with Crippen molar-refractivity contribution >= 4 is 64.0 Å². The van der Waals surface area contributed by atoms with Gasteiger partial charge in [-0.05, 0) is 47.8 Å². The van der Waals surface area contributed by atoms with Crippen molar-refractivity contribution in [2.45, 2.75) is 17.7 Å². The number of ether oxygens (including phenoxy) is 1. The van der Waals surface area contributed by atoms with Crippen LogP contribution in [0.25, 0.3) is 0 Å². The fourth-order valence-corrected chi connectivity index (χ4v) is 4.50. The average Bonchev–Trinajstić information content (AvgIpc) is 2.99.